The number of rotatable bonds is 32. The van der Waals surface area contributed by atoms with Crippen molar-refractivity contribution in [2.24, 2.45) is 0 Å². The summed E-state index contributed by atoms with van der Waals surface area (Å²) in [5.41, 5.74) is 2.03. The second-order valence-corrected chi connectivity index (χ2v) is 11.4. The molecule has 9 heteroatoms. The molecular formula is C38H62O9. The van der Waals surface area contributed by atoms with E-state index in [-0.39, 0.29) is 12.6 Å². The fourth-order valence-electron chi connectivity index (χ4n) is 4.43. The van der Waals surface area contributed by atoms with Gasteiger partial charge in [-0.05, 0) is 75.3 Å². The molecule has 0 aromatic heterocycles. The van der Waals surface area contributed by atoms with Crippen LogP contribution in [0.1, 0.15) is 103 Å². The van der Waals surface area contributed by atoms with Gasteiger partial charge in [-0.1, -0.05) is 88.4 Å². The Bertz CT molecular complexity index is 842. The smallest absolute Gasteiger partial charge is 0.275 e. The Morgan fingerprint density at radius 2 is 0.766 bits per heavy atom. The van der Waals surface area contributed by atoms with Crippen LogP contribution in [0.3, 0.4) is 0 Å². The van der Waals surface area contributed by atoms with Gasteiger partial charge in [-0.2, -0.15) is 0 Å². The highest BCUT2D eigenvalue weighted by Gasteiger charge is 2.21. The van der Waals surface area contributed by atoms with Gasteiger partial charge in [0, 0.05) is 26.4 Å². The molecule has 0 saturated heterocycles. The molecule has 0 N–H and O–H groups in total. The largest absolute Gasteiger partial charge is 0.353 e. The fourth-order valence-corrected chi connectivity index (χ4v) is 4.43. The molecule has 9 nitrogen and oxygen atoms in total. The van der Waals surface area contributed by atoms with E-state index in [1.165, 1.54) is 0 Å². The first-order valence-corrected chi connectivity index (χ1v) is 17.8. The van der Waals surface area contributed by atoms with Crippen molar-refractivity contribution in [1.29, 1.82) is 0 Å². The zero-order valence-electron chi connectivity index (χ0n) is 29.5. The lowest BCUT2D eigenvalue weighted by molar-refractivity contribution is -0.403. The average Bonchev–Trinajstić information content (AvgIpc) is 3.11. The maximum atomic E-state index is 6.17. The fraction of sp³-hybridized carbons (Fsp3) is 0.684. The monoisotopic (exact) mass is 662 g/mol. The summed E-state index contributed by atoms with van der Waals surface area (Å²) in [6.45, 7) is 10.7. The van der Waals surface area contributed by atoms with Crippen LogP contribution in [-0.2, 0) is 55.8 Å². The van der Waals surface area contributed by atoms with E-state index in [9.17, 15) is 0 Å². The molecule has 47 heavy (non-hydrogen) atoms. The van der Waals surface area contributed by atoms with Crippen molar-refractivity contribution >= 4 is 0 Å². The highest BCUT2D eigenvalue weighted by Crippen LogP contribution is 2.16. The summed E-state index contributed by atoms with van der Waals surface area (Å²) in [6, 6.07) is 19.9. The van der Waals surface area contributed by atoms with Crippen LogP contribution in [0.4, 0.5) is 0 Å². The summed E-state index contributed by atoms with van der Waals surface area (Å²) in [7, 11) is 0. The van der Waals surface area contributed by atoms with E-state index in [1.807, 2.05) is 60.7 Å². The van der Waals surface area contributed by atoms with E-state index in [1.54, 1.807) is 0 Å². The van der Waals surface area contributed by atoms with Crippen molar-refractivity contribution in [2.75, 3.05) is 39.6 Å². The van der Waals surface area contributed by atoms with Crippen LogP contribution in [0.5, 0.6) is 0 Å². The topological polar surface area (TPSA) is 83.1 Å². The first-order chi connectivity index (χ1) is 23.2. The van der Waals surface area contributed by atoms with Crippen molar-refractivity contribution in [1.82, 2.24) is 0 Å². The van der Waals surface area contributed by atoms with Crippen molar-refractivity contribution in [3.8, 4) is 0 Å². The summed E-state index contributed by atoms with van der Waals surface area (Å²) < 4.78 is 54.0. The minimum atomic E-state index is -0.978. The Hall–Kier alpha value is -1.92. The second-order valence-electron chi connectivity index (χ2n) is 11.4. The quantitative estimate of drug-likeness (QED) is 0.0564. The molecule has 2 atom stereocenters. The second kappa shape index (κ2) is 29.0. The molecule has 0 fully saturated rings. The molecular weight excluding hydrogens is 600 g/mol. The first kappa shape index (κ1) is 41.3. The van der Waals surface area contributed by atoms with E-state index in [4.69, 9.17) is 42.6 Å². The molecule has 0 bridgehead atoms. The molecule has 0 aliphatic carbocycles. The molecule has 2 unspecified atom stereocenters. The van der Waals surface area contributed by atoms with E-state index in [0.717, 1.165) is 75.3 Å². The standard InChI is InChI=1S/C38H62O9/c1-5-25-39-35(40-26-6-2)23-15-17-29-43-37(45-31-33-19-11-9-12-20-33)47-38(46-32-34-21-13-10-14-22-34)44-30-18-16-24-36(41-27-7-3)42-28-8-4/h9-14,19-22,35-38H,5-8,15-18,23-32H2,1-4H3. The third-order valence-corrected chi connectivity index (χ3v) is 6.89. The van der Waals surface area contributed by atoms with Gasteiger partial charge < -0.3 is 37.9 Å². The lowest BCUT2D eigenvalue weighted by Gasteiger charge is -2.25. The molecule has 2 aromatic rings. The van der Waals surface area contributed by atoms with Crippen LogP contribution in [0.25, 0.3) is 0 Å². The molecule has 0 aliphatic heterocycles. The van der Waals surface area contributed by atoms with Crippen LogP contribution in [0.15, 0.2) is 60.7 Å². The summed E-state index contributed by atoms with van der Waals surface area (Å²) in [5.74, 6) is 0. The molecule has 0 saturated carbocycles. The van der Waals surface area contributed by atoms with Crippen molar-refractivity contribution in [2.45, 2.75) is 131 Å². The highest BCUT2D eigenvalue weighted by atomic mass is 16.9. The van der Waals surface area contributed by atoms with Crippen LogP contribution < -0.4 is 0 Å². The minimum Gasteiger partial charge on any atom is -0.353 e. The normalized spacial score (nSPS) is 13.1. The third kappa shape index (κ3) is 21.6. The lowest BCUT2D eigenvalue weighted by atomic mass is 10.2. The average molecular weight is 663 g/mol. The lowest BCUT2D eigenvalue weighted by Crippen LogP contribution is -2.31. The van der Waals surface area contributed by atoms with E-state index in [2.05, 4.69) is 27.7 Å². The Kier molecular flexibility index (Phi) is 25.5. The van der Waals surface area contributed by atoms with Crippen LogP contribution >= 0.6 is 0 Å². The maximum absolute atomic E-state index is 6.17. The molecule has 0 spiro atoms. The Labute approximate surface area is 284 Å². The van der Waals surface area contributed by atoms with Crippen LogP contribution in [0.2, 0.25) is 0 Å². The number of ether oxygens (including phenoxy) is 9. The van der Waals surface area contributed by atoms with Crippen molar-refractivity contribution < 1.29 is 42.6 Å². The SMILES string of the molecule is CCCOC(CCCCOC(OCc1ccccc1)OC(OCCCCC(OCCC)OCCC)OCc1ccccc1)OCCC. The molecule has 0 aliphatic rings. The number of benzene rings is 2. The zero-order chi connectivity index (χ0) is 33.6. The maximum Gasteiger partial charge on any atom is 0.275 e. The van der Waals surface area contributed by atoms with Crippen LogP contribution in [-0.4, -0.2) is 65.2 Å². The van der Waals surface area contributed by atoms with E-state index in [0.29, 0.717) is 52.9 Å². The first-order valence-electron chi connectivity index (χ1n) is 17.8. The molecule has 0 amide bonds. The summed E-state index contributed by atoms with van der Waals surface area (Å²) >= 11 is 0. The highest BCUT2D eigenvalue weighted by molar-refractivity contribution is 5.14. The van der Waals surface area contributed by atoms with Gasteiger partial charge in [0.15, 0.2) is 12.6 Å². The zero-order valence-corrected chi connectivity index (χ0v) is 29.5. The van der Waals surface area contributed by atoms with E-state index >= 15 is 0 Å². The van der Waals surface area contributed by atoms with Crippen molar-refractivity contribution in [3.05, 3.63) is 71.8 Å². The van der Waals surface area contributed by atoms with Gasteiger partial charge in [-0.15, -0.1) is 0 Å². The van der Waals surface area contributed by atoms with Gasteiger partial charge in [-0.25, -0.2) is 0 Å². The van der Waals surface area contributed by atoms with Gasteiger partial charge in [0.05, 0.1) is 26.4 Å². The van der Waals surface area contributed by atoms with E-state index < -0.39 is 13.0 Å². The predicted molar refractivity (Wildman–Crippen MR) is 183 cm³/mol. The van der Waals surface area contributed by atoms with Gasteiger partial charge in [0.25, 0.3) is 13.0 Å². The molecule has 2 aromatic carbocycles. The number of unbranched alkanes of at least 4 members (excludes halogenated alkanes) is 2. The number of hydrogen-bond donors (Lipinski definition) is 0. The molecule has 0 radical (unpaired) electrons. The Balaban J connectivity index is 1.95. The molecule has 268 valence electrons. The van der Waals surface area contributed by atoms with Crippen molar-refractivity contribution in [3.63, 3.8) is 0 Å². The minimum absolute atomic E-state index is 0.188. The number of hydrogen-bond acceptors (Lipinski definition) is 9. The Morgan fingerprint density at radius 1 is 0.404 bits per heavy atom. The molecule has 2 rings (SSSR count). The van der Waals surface area contributed by atoms with Gasteiger partial charge in [0.1, 0.15) is 0 Å². The summed E-state index contributed by atoms with van der Waals surface area (Å²) in [4.78, 5) is 0. The predicted octanol–water partition coefficient (Wildman–Crippen LogP) is 8.74. The Morgan fingerprint density at radius 3 is 1.11 bits per heavy atom. The summed E-state index contributed by atoms with van der Waals surface area (Å²) in [5, 5.41) is 0. The van der Waals surface area contributed by atoms with Gasteiger partial charge >= 0.3 is 0 Å². The molecule has 0 heterocycles. The van der Waals surface area contributed by atoms with Gasteiger partial charge in [-0.3, -0.25) is 4.74 Å². The summed E-state index contributed by atoms with van der Waals surface area (Å²) in [6.07, 6.45) is 8.46. The third-order valence-electron chi connectivity index (χ3n) is 6.89. The van der Waals surface area contributed by atoms with Crippen LogP contribution in [0, 0.1) is 0 Å². The van der Waals surface area contributed by atoms with Gasteiger partial charge in [0.2, 0.25) is 0 Å².